The van der Waals surface area contributed by atoms with Gasteiger partial charge >= 0.3 is 0 Å². The van der Waals surface area contributed by atoms with E-state index >= 15 is 0 Å². The third-order valence-corrected chi connectivity index (χ3v) is 4.07. The van der Waals surface area contributed by atoms with Crippen LogP contribution < -0.4 is 10.1 Å². The molecule has 1 aromatic carbocycles. The van der Waals surface area contributed by atoms with Gasteiger partial charge in [-0.3, -0.25) is 14.9 Å². The van der Waals surface area contributed by atoms with E-state index in [0.29, 0.717) is 28.8 Å². The molecule has 124 valence electrons. The van der Waals surface area contributed by atoms with Crippen molar-refractivity contribution in [1.29, 1.82) is 0 Å². The lowest BCUT2D eigenvalue weighted by molar-refractivity contribution is -0.130. The summed E-state index contributed by atoms with van der Waals surface area (Å²) in [5, 5.41) is 8.20. The van der Waals surface area contributed by atoms with Gasteiger partial charge in [-0.25, -0.2) is 5.01 Å². The first-order chi connectivity index (χ1) is 11.6. The van der Waals surface area contributed by atoms with Gasteiger partial charge in [0.15, 0.2) is 5.82 Å². The van der Waals surface area contributed by atoms with E-state index in [1.807, 2.05) is 24.3 Å². The Bertz CT molecular complexity index is 817. The zero-order valence-corrected chi connectivity index (χ0v) is 14.0. The van der Waals surface area contributed by atoms with Crippen LogP contribution in [-0.4, -0.2) is 46.0 Å². The largest absolute Gasteiger partial charge is 0.497 e. The maximum absolute atomic E-state index is 12.2. The van der Waals surface area contributed by atoms with Gasteiger partial charge in [0.05, 0.1) is 7.11 Å². The Kier molecular flexibility index (Phi) is 4.52. The van der Waals surface area contributed by atoms with Crippen molar-refractivity contribution in [2.24, 2.45) is 5.10 Å². The minimum Gasteiger partial charge on any atom is -0.497 e. The van der Waals surface area contributed by atoms with Gasteiger partial charge in [0.25, 0.3) is 5.91 Å². The summed E-state index contributed by atoms with van der Waals surface area (Å²) >= 11 is 1.08. The molecule has 0 atom stereocenters. The molecule has 0 aliphatic carbocycles. The molecule has 0 saturated carbocycles. The van der Waals surface area contributed by atoms with Crippen molar-refractivity contribution < 1.29 is 14.3 Å². The van der Waals surface area contributed by atoms with Gasteiger partial charge in [-0.15, -0.1) is 0 Å². The number of carbonyl (C=O) groups excluding carboxylic acids is 2. The van der Waals surface area contributed by atoms with Gasteiger partial charge < -0.3 is 4.74 Å². The predicted molar refractivity (Wildman–Crippen MR) is 90.0 cm³/mol. The molecule has 3 rings (SSSR count). The number of methoxy groups -OCH3 is 1. The topological polar surface area (TPSA) is 96.8 Å². The summed E-state index contributed by atoms with van der Waals surface area (Å²) in [6, 6.07) is 7.36. The average molecular weight is 345 g/mol. The predicted octanol–water partition coefficient (Wildman–Crippen LogP) is 1.76. The molecule has 1 aromatic heterocycles. The van der Waals surface area contributed by atoms with Crippen LogP contribution in [0.4, 0.5) is 5.13 Å². The highest BCUT2D eigenvalue weighted by molar-refractivity contribution is 7.10. The first kappa shape index (κ1) is 16.1. The molecule has 0 unspecified atom stereocenters. The third-order valence-electron chi connectivity index (χ3n) is 3.44. The lowest BCUT2D eigenvalue weighted by Gasteiger charge is -2.18. The summed E-state index contributed by atoms with van der Waals surface area (Å²) in [6.45, 7) is 0. The summed E-state index contributed by atoms with van der Waals surface area (Å²) in [5.74, 6) is 0.731. The summed E-state index contributed by atoms with van der Waals surface area (Å²) in [4.78, 5) is 27.9. The number of nitrogens with zero attached hydrogens (tertiary/aromatic N) is 4. The molecule has 1 N–H and O–H groups in total. The quantitative estimate of drug-likeness (QED) is 0.911. The molecule has 0 radical (unpaired) electrons. The molecule has 0 bridgehead atoms. The van der Waals surface area contributed by atoms with Crippen molar-refractivity contribution in [2.75, 3.05) is 19.5 Å². The van der Waals surface area contributed by atoms with E-state index < -0.39 is 0 Å². The van der Waals surface area contributed by atoms with Crippen molar-refractivity contribution in [3.63, 3.8) is 0 Å². The van der Waals surface area contributed by atoms with E-state index in [9.17, 15) is 9.59 Å². The van der Waals surface area contributed by atoms with Crippen LogP contribution in [0.2, 0.25) is 0 Å². The minimum atomic E-state index is -0.373. The smallest absolute Gasteiger partial charge is 0.273 e. The number of hydrazone groups is 1. The minimum absolute atomic E-state index is 0.109. The van der Waals surface area contributed by atoms with Crippen molar-refractivity contribution in [3.05, 3.63) is 24.3 Å². The van der Waals surface area contributed by atoms with Crippen LogP contribution in [0.25, 0.3) is 11.4 Å². The molecule has 8 nitrogen and oxygen atoms in total. The molecule has 24 heavy (non-hydrogen) atoms. The maximum atomic E-state index is 12.2. The summed E-state index contributed by atoms with van der Waals surface area (Å²) < 4.78 is 9.42. The van der Waals surface area contributed by atoms with Crippen LogP contribution in [0.3, 0.4) is 0 Å². The first-order valence-electron chi connectivity index (χ1n) is 7.20. The highest BCUT2D eigenvalue weighted by Crippen LogP contribution is 2.24. The molecule has 2 heterocycles. The number of nitrogens with one attached hydrogen (secondary N) is 1. The van der Waals surface area contributed by atoms with Gasteiger partial charge in [-0.05, 0) is 12.1 Å². The number of aromatic nitrogens is 2. The number of hydrogen-bond acceptors (Lipinski definition) is 7. The van der Waals surface area contributed by atoms with Gasteiger partial charge in [0.1, 0.15) is 11.5 Å². The molecule has 0 fully saturated rings. The number of hydrogen-bond donors (Lipinski definition) is 1. The van der Waals surface area contributed by atoms with Crippen LogP contribution >= 0.6 is 11.5 Å². The second kappa shape index (κ2) is 6.75. The molecule has 0 saturated heterocycles. The van der Waals surface area contributed by atoms with E-state index in [4.69, 9.17) is 4.74 Å². The van der Waals surface area contributed by atoms with Crippen LogP contribution in [0.1, 0.15) is 12.8 Å². The SMILES string of the molecule is COc1cccc(-c2nsc(NC(=O)C3=NN(C)C(=O)CC3)n2)c1. The van der Waals surface area contributed by atoms with Crippen molar-refractivity contribution in [2.45, 2.75) is 12.8 Å². The monoisotopic (exact) mass is 345 g/mol. The molecule has 2 amide bonds. The number of benzene rings is 1. The van der Waals surface area contributed by atoms with E-state index in [-0.39, 0.29) is 18.2 Å². The number of ether oxygens (including phenoxy) is 1. The van der Waals surface area contributed by atoms with E-state index in [2.05, 4.69) is 19.8 Å². The normalized spacial score (nSPS) is 14.3. The van der Waals surface area contributed by atoms with Crippen LogP contribution in [-0.2, 0) is 9.59 Å². The summed E-state index contributed by atoms with van der Waals surface area (Å²) in [6.07, 6.45) is 0.588. The molecule has 0 spiro atoms. The third kappa shape index (κ3) is 3.40. The van der Waals surface area contributed by atoms with Crippen molar-refractivity contribution >= 4 is 34.2 Å². The van der Waals surface area contributed by atoms with Gasteiger partial charge in [-0.2, -0.15) is 14.5 Å². The number of carbonyl (C=O) groups is 2. The number of rotatable bonds is 4. The van der Waals surface area contributed by atoms with E-state index in [0.717, 1.165) is 17.1 Å². The van der Waals surface area contributed by atoms with Gasteiger partial charge in [0.2, 0.25) is 11.0 Å². The summed E-state index contributed by atoms with van der Waals surface area (Å²) in [7, 11) is 3.12. The number of amides is 2. The Morgan fingerprint density at radius 2 is 2.21 bits per heavy atom. The second-order valence-corrected chi connectivity index (χ2v) is 5.83. The maximum Gasteiger partial charge on any atom is 0.273 e. The highest BCUT2D eigenvalue weighted by Gasteiger charge is 2.22. The second-order valence-electron chi connectivity index (χ2n) is 5.07. The summed E-state index contributed by atoms with van der Waals surface area (Å²) in [5.41, 5.74) is 1.10. The fraction of sp³-hybridized carbons (Fsp3) is 0.267. The molecule has 9 heteroatoms. The fourth-order valence-corrected chi connectivity index (χ4v) is 2.74. The Labute approximate surface area is 142 Å². The van der Waals surface area contributed by atoms with E-state index in [1.54, 1.807) is 7.11 Å². The van der Waals surface area contributed by atoms with Crippen molar-refractivity contribution in [3.8, 4) is 17.1 Å². The number of anilines is 1. The lowest BCUT2D eigenvalue weighted by atomic mass is 10.1. The van der Waals surface area contributed by atoms with Crippen molar-refractivity contribution in [1.82, 2.24) is 14.4 Å². The standard InChI is InChI=1S/C15H15N5O3S/c1-20-12(21)7-6-11(18-20)14(22)17-15-16-13(19-24-15)9-4-3-5-10(8-9)23-2/h3-5,8H,6-7H2,1-2H3,(H,16,17,19,22). The molecule has 1 aliphatic heterocycles. The zero-order chi connectivity index (χ0) is 17.1. The Morgan fingerprint density at radius 1 is 1.38 bits per heavy atom. The van der Waals surface area contributed by atoms with Gasteiger partial charge in [0, 0.05) is 37.0 Å². The van der Waals surface area contributed by atoms with Gasteiger partial charge in [-0.1, -0.05) is 12.1 Å². The first-order valence-corrected chi connectivity index (χ1v) is 7.97. The lowest BCUT2D eigenvalue weighted by Crippen LogP contribution is -2.34. The molecule has 2 aromatic rings. The van der Waals surface area contributed by atoms with Crippen LogP contribution in [0.5, 0.6) is 5.75 Å². The average Bonchev–Trinajstić information content (AvgIpc) is 3.06. The fourth-order valence-electron chi connectivity index (χ4n) is 2.16. The molecular weight excluding hydrogens is 330 g/mol. The highest BCUT2D eigenvalue weighted by atomic mass is 32.1. The Morgan fingerprint density at radius 3 is 2.96 bits per heavy atom. The Balaban J connectivity index is 1.73. The van der Waals surface area contributed by atoms with Crippen LogP contribution in [0, 0.1) is 0 Å². The van der Waals surface area contributed by atoms with E-state index in [1.165, 1.54) is 12.1 Å². The molecule has 1 aliphatic rings. The zero-order valence-electron chi connectivity index (χ0n) is 13.1. The molecular formula is C15H15N5O3S. The Hall–Kier alpha value is -2.81. The van der Waals surface area contributed by atoms with Crippen LogP contribution in [0.15, 0.2) is 29.4 Å².